The summed E-state index contributed by atoms with van der Waals surface area (Å²) in [5.74, 6) is 1.15. The van der Waals surface area contributed by atoms with E-state index in [0.29, 0.717) is 30.5 Å². The number of carbonyl (C=O) groups excluding carboxylic acids is 1. The van der Waals surface area contributed by atoms with Gasteiger partial charge < -0.3 is 15.4 Å². The molecule has 1 amide bonds. The summed E-state index contributed by atoms with van der Waals surface area (Å²) in [7, 11) is 0. The number of ether oxygens (including phenoxy) is 1. The molecule has 4 nitrogen and oxygen atoms in total. The van der Waals surface area contributed by atoms with E-state index in [9.17, 15) is 4.79 Å². The predicted molar refractivity (Wildman–Crippen MR) is 142 cm³/mol. The van der Waals surface area contributed by atoms with E-state index in [1.165, 1.54) is 0 Å². The zero-order valence-electron chi connectivity index (χ0n) is 19.5. The van der Waals surface area contributed by atoms with Gasteiger partial charge in [0.05, 0.1) is 0 Å². The molecule has 2 N–H and O–H groups in total. The van der Waals surface area contributed by atoms with E-state index < -0.39 is 0 Å². The molecular formula is C29H29ClN2O2. The Hall–Kier alpha value is -3.50. The molecule has 4 aromatic rings. The fourth-order valence-corrected chi connectivity index (χ4v) is 4.07. The highest BCUT2D eigenvalue weighted by molar-refractivity contribution is 6.31. The summed E-state index contributed by atoms with van der Waals surface area (Å²) in [4.78, 5) is 12.2. The first-order valence-corrected chi connectivity index (χ1v) is 11.9. The van der Waals surface area contributed by atoms with Gasteiger partial charge in [-0.15, -0.1) is 0 Å². The minimum atomic E-state index is 0.0245. The average Bonchev–Trinajstić information content (AvgIpc) is 2.82. The lowest BCUT2D eigenvalue weighted by molar-refractivity contribution is -0.116. The lowest BCUT2D eigenvalue weighted by Gasteiger charge is -2.16. The van der Waals surface area contributed by atoms with Crippen LogP contribution in [0.4, 0.5) is 11.4 Å². The van der Waals surface area contributed by atoms with E-state index >= 15 is 0 Å². The summed E-state index contributed by atoms with van der Waals surface area (Å²) in [6.45, 7) is 5.03. The van der Waals surface area contributed by atoms with Crippen LogP contribution in [-0.2, 0) is 17.9 Å². The molecule has 0 heterocycles. The second-order valence-electron chi connectivity index (χ2n) is 8.72. The van der Waals surface area contributed by atoms with Crippen LogP contribution < -0.4 is 15.4 Å². The lowest BCUT2D eigenvalue weighted by atomic mass is 10.0. The van der Waals surface area contributed by atoms with E-state index in [2.05, 4.69) is 28.8 Å². The zero-order chi connectivity index (χ0) is 23.9. The molecule has 0 atom stereocenters. The second-order valence-corrected chi connectivity index (χ2v) is 9.13. The van der Waals surface area contributed by atoms with Crippen molar-refractivity contribution in [1.82, 2.24) is 0 Å². The fourth-order valence-electron chi connectivity index (χ4n) is 3.88. The fraction of sp³-hybridized carbons (Fsp3) is 0.207. The van der Waals surface area contributed by atoms with Crippen LogP contribution in [-0.4, -0.2) is 5.91 Å². The van der Waals surface area contributed by atoms with Crippen molar-refractivity contribution in [3.63, 3.8) is 0 Å². The number of fused-ring (bicyclic) bond motifs is 1. The minimum Gasteiger partial charge on any atom is -0.488 e. The maximum atomic E-state index is 12.2. The highest BCUT2D eigenvalue weighted by Crippen LogP contribution is 2.30. The normalized spacial score (nSPS) is 10.9. The Morgan fingerprint density at radius 1 is 0.912 bits per heavy atom. The molecule has 5 heteroatoms. The van der Waals surface area contributed by atoms with Gasteiger partial charge in [0.25, 0.3) is 0 Å². The molecule has 0 aliphatic heterocycles. The van der Waals surface area contributed by atoms with Crippen LogP contribution in [0.3, 0.4) is 0 Å². The first-order valence-electron chi connectivity index (χ1n) is 11.5. The van der Waals surface area contributed by atoms with Crippen molar-refractivity contribution < 1.29 is 9.53 Å². The van der Waals surface area contributed by atoms with Gasteiger partial charge in [0, 0.05) is 40.5 Å². The lowest BCUT2D eigenvalue weighted by Crippen LogP contribution is -2.14. The highest BCUT2D eigenvalue weighted by Gasteiger charge is 2.11. The van der Waals surface area contributed by atoms with Crippen LogP contribution in [0, 0.1) is 5.92 Å². The van der Waals surface area contributed by atoms with E-state index in [0.717, 1.165) is 39.0 Å². The van der Waals surface area contributed by atoms with Gasteiger partial charge in [-0.05, 0) is 47.0 Å². The van der Waals surface area contributed by atoms with E-state index in [1.807, 2.05) is 80.6 Å². The number of hydrogen-bond acceptors (Lipinski definition) is 3. The van der Waals surface area contributed by atoms with Crippen molar-refractivity contribution in [2.45, 2.75) is 33.4 Å². The maximum Gasteiger partial charge on any atom is 0.224 e. The van der Waals surface area contributed by atoms with Crippen molar-refractivity contribution in [2.24, 2.45) is 5.92 Å². The van der Waals surface area contributed by atoms with Gasteiger partial charge in [0.2, 0.25) is 5.91 Å². The molecule has 0 bridgehead atoms. The summed E-state index contributed by atoms with van der Waals surface area (Å²) in [6.07, 6.45) is 0.500. The van der Waals surface area contributed by atoms with Gasteiger partial charge in [-0.2, -0.15) is 0 Å². The Balaban J connectivity index is 1.54. The molecule has 0 aliphatic rings. The van der Waals surface area contributed by atoms with E-state index in [4.69, 9.17) is 16.3 Å². The van der Waals surface area contributed by atoms with Crippen LogP contribution in [0.5, 0.6) is 5.75 Å². The summed E-state index contributed by atoms with van der Waals surface area (Å²) in [6, 6.07) is 27.9. The molecule has 0 fully saturated rings. The van der Waals surface area contributed by atoms with Gasteiger partial charge in [0.1, 0.15) is 12.4 Å². The first-order chi connectivity index (χ1) is 16.5. The largest absolute Gasteiger partial charge is 0.488 e. The Morgan fingerprint density at radius 2 is 1.68 bits per heavy atom. The molecule has 0 aromatic heterocycles. The monoisotopic (exact) mass is 472 g/mol. The van der Waals surface area contributed by atoms with Crippen molar-refractivity contribution in [3.05, 3.63) is 101 Å². The minimum absolute atomic E-state index is 0.0245. The standard InChI is InChI=1S/C29H29ClN2O2/c1-20(2)16-29(33)32-24-11-7-10-23(17-24)31-18-26-25-12-5-3-8-21(25)14-15-28(26)34-19-22-9-4-6-13-27(22)30/h3-15,17,20,31H,16,18-19H2,1-2H3,(H,32,33). The average molecular weight is 473 g/mol. The van der Waals surface area contributed by atoms with Gasteiger partial charge >= 0.3 is 0 Å². The van der Waals surface area contributed by atoms with Crippen LogP contribution in [0.2, 0.25) is 5.02 Å². The third-order valence-electron chi connectivity index (χ3n) is 5.55. The highest BCUT2D eigenvalue weighted by atomic mass is 35.5. The molecule has 0 spiro atoms. The third-order valence-corrected chi connectivity index (χ3v) is 5.92. The summed E-state index contributed by atoms with van der Waals surface area (Å²) >= 11 is 6.32. The van der Waals surface area contributed by atoms with Crippen LogP contribution >= 0.6 is 11.6 Å². The molecule has 0 saturated carbocycles. The third kappa shape index (κ3) is 6.09. The Labute approximate surface area is 205 Å². The molecule has 0 aliphatic carbocycles. The second kappa shape index (κ2) is 11.1. The number of rotatable bonds is 9. The number of amides is 1. The SMILES string of the molecule is CC(C)CC(=O)Nc1cccc(NCc2c(OCc3ccccc3Cl)ccc3ccccc23)c1. The molecule has 0 saturated heterocycles. The van der Waals surface area contributed by atoms with Crippen molar-refractivity contribution in [1.29, 1.82) is 0 Å². The first kappa shape index (κ1) is 23.7. The number of benzene rings is 4. The zero-order valence-corrected chi connectivity index (χ0v) is 20.2. The number of nitrogens with one attached hydrogen (secondary N) is 2. The number of halogens is 1. The summed E-state index contributed by atoms with van der Waals surface area (Å²) in [5.41, 5.74) is 3.72. The van der Waals surface area contributed by atoms with Gasteiger partial charge in [-0.1, -0.05) is 80.0 Å². The van der Waals surface area contributed by atoms with Crippen molar-refractivity contribution in [2.75, 3.05) is 10.6 Å². The Kier molecular flexibility index (Phi) is 7.71. The van der Waals surface area contributed by atoms with Crippen LogP contribution in [0.25, 0.3) is 10.8 Å². The van der Waals surface area contributed by atoms with Crippen molar-refractivity contribution >= 4 is 39.7 Å². The van der Waals surface area contributed by atoms with E-state index in [1.54, 1.807) is 0 Å². The Bertz CT molecular complexity index is 1290. The smallest absolute Gasteiger partial charge is 0.224 e. The topological polar surface area (TPSA) is 50.4 Å². The number of hydrogen-bond donors (Lipinski definition) is 2. The molecule has 4 aromatic carbocycles. The van der Waals surface area contributed by atoms with Gasteiger partial charge in [-0.25, -0.2) is 0 Å². The van der Waals surface area contributed by atoms with Gasteiger partial charge in [0.15, 0.2) is 0 Å². The maximum absolute atomic E-state index is 12.2. The molecule has 4 rings (SSSR count). The van der Waals surface area contributed by atoms with Crippen LogP contribution in [0.15, 0.2) is 84.9 Å². The molecule has 174 valence electrons. The van der Waals surface area contributed by atoms with E-state index in [-0.39, 0.29) is 5.91 Å². The van der Waals surface area contributed by atoms with Crippen molar-refractivity contribution in [3.8, 4) is 5.75 Å². The summed E-state index contributed by atoms with van der Waals surface area (Å²) in [5, 5.41) is 9.46. The number of anilines is 2. The van der Waals surface area contributed by atoms with Crippen LogP contribution in [0.1, 0.15) is 31.4 Å². The molecular weight excluding hydrogens is 444 g/mol. The molecule has 0 radical (unpaired) electrons. The Morgan fingerprint density at radius 3 is 2.50 bits per heavy atom. The van der Waals surface area contributed by atoms with Gasteiger partial charge in [-0.3, -0.25) is 4.79 Å². The molecule has 34 heavy (non-hydrogen) atoms. The molecule has 0 unspecified atom stereocenters. The summed E-state index contributed by atoms with van der Waals surface area (Å²) < 4.78 is 6.23. The quantitative estimate of drug-likeness (QED) is 0.263. The number of carbonyl (C=O) groups is 1. The predicted octanol–water partition coefficient (Wildman–Crippen LogP) is 7.67.